The van der Waals surface area contributed by atoms with Crippen LogP contribution in [0.1, 0.15) is 42.5 Å². The molecule has 18 heavy (non-hydrogen) atoms. The molecule has 0 aromatic heterocycles. The van der Waals surface area contributed by atoms with Gasteiger partial charge >= 0.3 is 0 Å². The van der Waals surface area contributed by atoms with Crippen molar-refractivity contribution in [2.75, 3.05) is 11.4 Å². The molecular formula is C15H17NO2. The molecular weight excluding hydrogens is 226 g/mol. The van der Waals surface area contributed by atoms with E-state index in [0.29, 0.717) is 6.42 Å². The number of carbonyl (C=O) groups excluding carboxylic acids is 2. The van der Waals surface area contributed by atoms with E-state index in [0.717, 1.165) is 37.1 Å². The minimum absolute atomic E-state index is 0.188. The first kappa shape index (κ1) is 11.5. The van der Waals surface area contributed by atoms with Crippen LogP contribution in [0.4, 0.5) is 5.69 Å². The number of hydrogen-bond acceptors (Lipinski definition) is 2. The van der Waals surface area contributed by atoms with E-state index in [-0.39, 0.29) is 17.6 Å². The number of Topliss-reactive ketones (excluding diaryl/α,β-unsaturated/α-hetero) is 1. The molecule has 0 atom stereocenters. The minimum Gasteiger partial charge on any atom is -0.312 e. The van der Waals surface area contributed by atoms with E-state index in [2.05, 4.69) is 0 Å². The molecule has 3 nitrogen and oxygen atoms in total. The van der Waals surface area contributed by atoms with Crippen LogP contribution in [0.2, 0.25) is 0 Å². The Balaban J connectivity index is 1.76. The Labute approximate surface area is 107 Å². The summed E-state index contributed by atoms with van der Waals surface area (Å²) in [5, 5.41) is 0. The molecule has 0 unspecified atom stereocenters. The highest BCUT2D eigenvalue weighted by atomic mass is 16.2. The van der Waals surface area contributed by atoms with Gasteiger partial charge in [0.1, 0.15) is 0 Å². The first-order chi connectivity index (χ1) is 8.75. The molecule has 1 saturated heterocycles. The smallest absolute Gasteiger partial charge is 0.227 e. The van der Waals surface area contributed by atoms with Gasteiger partial charge in [0.2, 0.25) is 5.91 Å². The normalized spacial score (nSPS) is 20.0. The molecule has 2 aliphatic rings. The first-order valence-electron chi connectivity index (χ1n) is 6.70. The highest BCUT2D eigenvalue weighted by Crippen LogP contribution is 2.30. The summed E-state index contributed by atoms with van der Waals surface area (Å²) in [6.45, 7) is 0.800. The van der Waals surface area contributed by atoms with Gasteiger partial charge in [-0.25, -0.2) is 0 Å². The Hall–Kier alpha value is -1.64. The quantitative estimate of drug-likeness (QED) is 0.765. The standard InChI is InChI=1S/C15H17NO2/c17-14-5-2-10-16(14)13-8-6-12(7-9-13)15(18)11-3-1-4-11/h6-9,11H,1-5,10H2. The number of anilines is 1. The van der Waals surface area contributed by atoms with Gasteiger partial charge in [-0.05, 0) is 43.5 Å². The zero-order valence-electron chi connectivity index (χ0n) is 10.4. The van der Waals surface area contributed by atoms with E-state index in [9.17, 15) is 9.59 Å². The van der Waals surface area contributed by atoms with Crippen molar-refractivity contribution in [1.82, 2.24) is 0 Å². The highest BCUT2D eigenvalue weighted by molar-refractivity contribution is 5.99. The number of ketones is 1. The molecule has 3 rings (SSSR count). The van der Waals surface area contributed by atoms with Gasteiger partial charge in [-0.1, -0.05) is 6.42 Å². The number of hydrogen-bond donors (Lipinski definition) is 0. The van der Waals surface area contributed by atoms with Crippen LogP contribution in [0.15, 0.2) is 24.3 Å². The SMILES string of the molecule is O=C(c1ccc(N2CCCC2=O)cc1)C1CCC1. The number of carbonyl (C=O) groups is 2. The van der Waals surface area contributed by atoms with E-state index < -0.39 is 0 Å². The Morgan fingerprint density at radius 3 is 2.33 bits per heavy atom. The van der Waals surface area contributed by atoms with E-state index in [1.165, 1.54) is 6.42 Å². The lowest BCUT2D eigenvalue weighted by Gasteiger charge is -2.24. The first-order valence-corrected chi connectivity index (χ1v) is 6.70. The summed E-state index contributed by atoms with van der Waals surface area (Å²) in [5.41, 5.74) is 1.71. The monoisotopic (exact) mass is 243 g/mol. The molecule has 3 heteroatoms. The van der Waals surface area contributed by atoms with Crippen molar-refractivity contribution in [2.24, 2.45) is 5.92 Å². The molecule has 2 fully saturated rings. The van der Waals surface area contributed by atoms with Gasteiger partial charge in [0.05, 0.1) is 0 Å². The lowest BCUT2D eigenvalue weighted by atomic mass is 9.80. The van der Waals surface area contributed by atoms with E-state index >= 15 is 0 Å². The topological polar surface area (TPSA) is 37.4 Å². The number of benzene rings is 1. The minimum atomic E-state index is 0.188. The van der Waals surface area contributed by atoms with Crippen molar-refractivity contribution in [3.8, 4) is 0 Å². The van der Waals surface area contributed by atoms with Gasteiger partial charge in [0.15, 0.2) is 5.78 Å². The average molecular weight is 243 g/mol. The number of nitrogens with zero attached hydrogens (tertiary/aromatic N) is 1. The van der Waals surface area contributed by atoms with E-state index in [4.69, 9.17) is 0 Å². The van der Waals surface area contributed by atoms with Gasteiger partial charge in [-0.2, -0.15) is 0 Å². The third-order valence-corrected chi connectivity index (χ3v) is 4.01. The van der Waals surface area contributed by atoms with E-state index in [1.54, 1.807) is 4.90 Å². The maximum atomic E-state index is 12.0. The Bertz CT molecular complexity index is 474. The third kappa shape index (κ3) is 1.94. The molecule has 1 aliphatic carbocycles. The van der Waals surface area contributed by atoms with Crippen molar-refractivity contribution in [3.63, 3.8) is 0 Å². The predicted molar refractivity (Wildman–Crippen MR) is 69.7 cm³/mol. The Morgan fingerprint density at radius 1 is 1.11 bits per heavy atom. The fourth-order valence-electron chi connectivity index (χ4n) is 2.63. The molecule has 0 radical (unpaired) electrons. The van der Waals surface area contributed by atoms with Crippen LogP contribution in [0.5, 0.6) is 0 Å². The van der Waals surface area contributed by atoms with Crippen LogP contribution in [0.25, 0.3) is 0 Å². The molecule has 1 heterocycles. The lowest BCUT2D eigenvalue weighted by molar-refractivity contribution is -0.117. The molecule has 1 amide bonds. The van der Waals surface area contributed by atoms with Crippen molar-refractivity contribution in [1.29, 1.82) is 0 Å². The maximum Gasteiger partial charge on any atom is 0.227 e. The van der Waals surface area contributed by atoms with Crippen molar-refractivity contribution >= 4 is 17.4 Å². The van der Waals surface area contributed by atoms with Crippen molar-refractivity contribution in [2.45, 2.75) is 32.1 Å². The molecule has 1 saturated carbocycles. The molecule has 1 aromatic carbocycles. The van der Waals surface area contributed by atoms with Crippen LogP contribution in [-0.4, -0.2) is 18.2 Å². The lowest BCUT2D eigenvalue weighted by Crippen LogP contribution is -2.24. The molecule has 94 valence electrons. The number of amides is 1. The van der Waals surface area contributed by atoms with Crippen LogP contribution in [0.3, 0.4) is 0 Å². The van der Waals surface area contributed by atoms with Crippen molar-refractivity contribution in [3.05, 3.63) is 29.8 Å². The number of rotatable bonds is 3. The summed E-state index contributed by atoms with van der Waals surface area (Å²) in [5.74, 6) is 0.692. The zero-order valence-corrected chi connectivity index (χ0v) is 10.4. The Kier molecular flexibility index (Phi) is 2.90. The molecule has 0 N–H and O–H groups in total. The predicted octanol–water partition coefficient (Wildman–Crippen LogP) is 2.80. The van der Waals surface area contributed by atoms with E-state index in [1.807, 2.05) is 24.3 Å². The van der Waals surface area contributed by atoms with Gasteiger partial charge in [-0.15, -0.1) is 0 Å². The highest BCUT2D eigenvalue weighted by Gasteiger charge is 2.26. The molecule has 1 aromatic rings. The van der Waals surface area contributed by atoms with Gasteiger partial charge in [0.25, 0.3) is 0 Å². The molecule has 1 aliphatic heterocycles. The van der Waals surface area contributed by atoms with Crippen LogP contribution in [0, 0.1) is 5.92 Å². The third-order valence-electron chi connectivity index (χ3n) is 4.01. The fourth-order valence-corrected chi connectivity index (χ4v) is 2.63. The summed E-state index contributed by atoms with van der Waals surface area (Å²) in [6.07, 6.45) is 4.82. The zero-order chi connectivity index (χ0) is 12.5. The molecule has 0 bridgehead atoms. The largest absolute Gasteiger partial charge is 0.312 e. The second kappa shape index (κ2) is 4.56. The summed E-state index contributed by atoms with van der Waals surface area (Å²) in [6, 6.07) is 7.52. The van der Waals surface area contributed by atoms with Crippen molar-refractivity contribution < 1.29 is 9.59 Å². The second-order valence-corrected chi connectivity index (χ2v) is 5.19. The maximum absolute atomic E-state index is 12.0. The average Bonchev–Trinajstić information content (AvgIpc) is 2.73. The summed E-state index contributed by atoms with van der Waals surface area (Å²) in [4.78, 5) is 25.5. The summed E-state index contributed by atoms with van der Waals surface area (Å²) >= 11 is 0. The summed E-state index contributed by atoms with van der Waals surface area (Å²) < 4.78 is 0. The van der Waals surface area contributed by atoms with Crippen LogP contribution in [-0.2, 0) is 4.79 Å². The second-order valence-electron chi connectivity index (χ2n) is 5.19. The van der Waals surface area contributed by atoms with Crippen LogP contribution >= 0.6 is 0 Å². The van der Waals surface area contributed by atoms with Gasteiger partial charge in [-0.3, -0.25) is 9.59 Å². The fraction of sp³-hybridized carbons (Fsp3) is 0.467. The molecule has 0 spiro atoms. The Morgan fingerprint density at radius 2 is 1.83 bits per heavy atom. The van der Waals surface area contributed by atoms with Crippen LogP contribution < -0.4 is 4.90 Å². The van der Waals surface area contributed by atoms with Gasteiger partial charge < -0.3 is 4.90 Å². The van der Waals surface area contributed by atoms with Gasteiger partial charge in [0, 0.05) is 30.1 Å². The summed E-state index contributed by atoms with van der Waals surface area (Å²) in [7, 11) is 0.